The van der Waals surface area contributed by atoms with Crippen LogP contribution in [0.15, 0.2) is 47.4 Å². The number of halogens is 1. The highest BCUT2D eigenvalue weighted by atomic mass is 35.5. The molecule has 140 valence electrons. The van der Waals surface area contributed by atoms with Gasteiger partial charge in [0.15, 0.2) is 5.11 Å². The van der Waals surface area contributed by atoms with Gasteiger partial charge in [-0.15, -0.1) is 0 Å². The van der Waals surface area contributed by atoms with Gasteiger partial charge in [-0.05, 0) is 67.5 Å². The molecule has 8 heteroatoms. The number of aryl methyl sites for hydroxylation is 1. The fraction of sp³-hybridized carbons (Fsp3) is 0.278. The van der Waals surface area contributed by atoms with Crippen LogP contribution in [0.3, 0.4) is 0 Å². The Kier molecular flexibility index (Phi) is 7.25. The number of thiocarbonyl (C=S) groups is 1. The molecule has 26 heavy (non-hydrogen) atoms. The Morgan fingerprint density at radius 1 is 1.12 bits per heavy atom. The topological polar surface area (TPSA) is 70.2 Å². The molecule has 0 aliphatic rings. The lowest BCUT2D eigenvalue weighted by atomic mass is 10.2. The highest BCUT2D eigenvalue weighted by molar-refractivity contribution is 7.92. The van der Waals surface area contributed by atoms with Gasteiger partial charge in [0, 0.05) is 22.9 Å². The quantitative estimate of drug-likeness (QED) is 0.461. The first-order valence-electron chi connectivity index (χ1n) is 8.25. The monoisotopic (exact) mass is 411 g/mol. The van der Waals surface area contributed by atoms with Crippen molar-refractivity contribution in [2.24, 2.45) is 0 Å². The van der Waals surface area contributed by atoms with E-state index in [9.17, 15) is 8.42 Å². The first-order valence-corrected chi connectivity index (χ1v) is 10.5. The first-order chi connectivity index (χ1) is 12.3. The third kappa shape index (κ3) is 5.86. The van der Waals surface area contributed by atoms with Crippen LogP contribution in [0.25, 0.3) is 0 Å². The summed E-state index contributed by atoms with van der Waals surface area (Å²) < 4.78 is 28.0. The van der Waals surface area contributed by atoms with Gasteiger partial charge in [-0.3, -0.25) is 4.72 Å². The number of hydrogen-bond donors (Lipinski definition) is 3. The molecule has 0 aromatic heterocycles. The molecule has 0 fully saturated rings. The van der Waals surface area contributed by atoms with Crippen molar-refractivity contribution >= 4 is 50.3 Å². The molecule has 0 radical (unpaired) electrons. The molecule has 0 saturated carbocycles. The van der Waals surface area contributed by atoms with Crippen LogP contribution in [0.4, 0.5) is 11.4 Å². The largest absolute Gasteiger partial charge is 0.362 e. The van der Waals surface area contributed by atoms with Crippen LogP contribution in [0.1, 0.15) is 25.3 Å². The molecule has 5 nitrogen and oxygen atoms in total. The smallest absolute Gasteiger partial charge is 0.262 e. The molecule has 0 saturated heterocycles. The zero-order chi connectivity index (χ0) is 19.2. The van der Waals surface area contributed by atoms with Crippen LogP contribution < -0.4 is 15.4 Å². The highest BCUT2D eigenvalue weighted by Gasteiger charge is 2.18. The SMILES string of the molecule is CCCCNC(=S)Nc1ccc(C)c(S(=O)(=O)Nc2ccc(Cl)cc2)c1. The first kappa shape index (κ1) is 20.5. The molecular formula is C18H22ClN3O2S2. The minimum absolute atomic E-state index is 0.189. The van der Waals surface area contributed by atoms with E-state index < -0.39 is 10.0 Å². The molecule has 2 aromatic carbocycles. The number of hydrogen-bond acceptors (Lipinski definition) is 3. The number of rotatable bonds is 7. The van der Waals surface area contributed by atoms with E-state index in [1.54, 1.807) is 49.4 Å². The maximum absolute atomic E-state index is 12.7. The summed E-state index contributed by atoms with van der Waals surface area (Å²) >= 11 is 11.1. The second-order valence-electron chi connectivity index (χ2n) is 5.83. The van der Waals surface area contributed by atoms with E-state index in [0.29, 0.717) is 27.1 Å². The van der Waals surface area contributed by atoms with Crippen molar-refractivity contribution in [3.05, 3.63) is 53.1 Å². The summed E-state index contributed by atoms with van der Waals surface area (Å²) in [4.78, 5) is 0.189. The standard InChI is InChI=1S/C18H22ClN3O2S2/c1-3-4-11-20-18(25)21-16-8-5-13(2)17(12-16)26(23,24)22-15-9-6-14(19)7-10-15/h5-10,12,22H,3-4,11H2,1-2H3,(H2,20,21,25). The lowest BCUT2D eigenvalue weighted by Gasteiger charge is -2.14. The van der Waals surface area contributed by atoms with E-state index in [1.807, 2.05) is 0 Å². The van der Waals surface area contributed by atoms with Crippen LogP contribution >= 0.6 is 23.8 Å². The van der Waals surface area contributed by atoms with Crippen LogP contribution in [0.5, 0.6) is 0 Å². The van der Waals surface area contributed by atoms with E-state index in [0.717, 1.165) is 19.4 Å². The average Bonchev–Trinajstić information content (AvgIpc) is 2.58. The van der Waals surface area contributed by atoms with Gasteiger partial charge in [-0.1, -0.05) is 31.0 Å². The molecule has 2 rings (SSSR count). The summed E-state index contributed by atoms with van der Waals surface area (Å²) in [6, 6.07) is 11.6. The maximum Gasteiger partial charge on any atom is 0.262 e. The summed E-state index contributed by atoms with van der Waals surface area (Å²) in [6.07, 6.45) is 2.08. The van der Waals surface area contributed by atoms with Gasteiger partial charge in [0.2, 0.25) is 0 Å². The number of anilines is 2. The third-order valence-electron chi connectivity index (χ3n) is 3.65. The predicted octanol–water partition coefficient (Wildman–Crippen LogP) is 4.54. The summed E-state index contributed by atoms with van der Waals surface area (Å²) in [5, 5.41) is 7.13. The van der Waals surface area contributed by atoms with Crippen molar-refractivity contribution < 1.29 is 8.42 Å². The van der Waals surface area contributed by atoms with Gasteiger partial charge in [-0.2, -0.15) is 0 Å². The summed E-state index contributed by atoms with van der Waals surface area (Å²) in [5.74, 6) is 0. The normalized spacial score (nSPS) is 11.0. The maximum atomic E-state index is 12.7. The van der Waals surface area contributed by atoms with Crippen molar-refractivity contribution in [3.8, 4) is 0 Å². The van der Waals surface area contributed by atoms with Crippen molar-refractivity contribution in [2.75, 3.05) is 16.6 Å². The van der Waals surface area contributed by atoms with Crippen molar-refractivity contribution in [2.45, 2.75) is 31.6 Å². The minimum Gasteiger partial charge on any atom is -0.362 e. The number of sulfonamides is 1. The Balaban J connectivity index is 2.17. The zero-order valence-electron chi connectivity index (χ0n) is 14.7. The molecule has 0 spiro atoms. The molecule has 0 unspecified atom stereocenters. The van der Waals surface area contributed by atoms with Crippen LogP contribution in [-0.2, 0) is 10.0 Å². The average molecular weight is 412 g/mol. The van der Waals surface area contributed by atoms with Gasteiger partial charge in [0.05, 0.1) is 4.90 Å². The summed E-state index contributed by atoms with van der Waals surface area (Å²) in [7, 11) is -3.73. The second-order valence-corrected chi connectivity index (χ2v) is 8.32. The summed E-state index contributed by atoms with van der Waals surface area (Å²) in [5.41, 5.74) is 1.70. The Morgan fingerprint density at radius 3 is 2.42 bits per heavy atom. The number of benzene rings is 2. The molecule has 0 atom stereocenters. The van der Waals surface area contributed by atoms with Gasteiger partial charge < -0.3 is 10.6 Å². The van der Waals surface area contributed by atoms with E-state index in [1.165, 1.54) is 0 Å². The molecule has 3 N–H and O–H groups in total. The number of unbranched alkanes of at least 4 members (excludes halogenated alkanes) is 1. The molecule has 0 aliphatic carbocycles. The molecule has 0 heterocycles. The Labute approximate surface area is 165 Å². The molecular weight excluding hydrogens is 390 g/mol. The Bertz CT molecular complexity index is 869. The summed E-state index contributed by atoms with van der Waals surface area (Å²) in [6.45, 7) is 4.62. The fourth-order valence-electron chi connectivity index (χ4n) is 2.25. The van der Waals surface area contributed by atoms with Crippen LogP contribution in [0.2, 0.25) is 5.02 Å². The van der Waals surface area contributed by atoms with E-state index in [-0.39, 0.29) is 4.90 Å². The highest BCUT2D eigenvalue weighted by Crippen LogP contribution is 2.23. The van der Waals surface area contributed by atoms with Gasteiger partial charge in [-0.25, -0.2) is 8.42 Å². The Hall–Kier alpha value is -1.83. The van der Waals surface area contributed by atoms with Crippen molar-refractivity contribution in [1.82, 2.24) is 5.32 Å². The lowest BCUT2D eigenvalue weighted by Crippen LogP contribution is -2.29. The van der Waals surface area contributed by atoms with Gasteiger partial charge in [0.25, 0.3) is 10.0 Å². The van der Waals surface area contributed by atoms with Crippen molar-refractivity contribution in [3.63, 3.8) is 0 Å². The molecule has 2 aromatic rings. The predicted molar refractivity (Wildman–Crippen MR) is 113 cm³/mol. The molecule has 0 amide bonds. The fourth-order valence-corrected chi connectivity index (χ4v) is 3.93. The Morgan fingerprint density at radius 2 is 1.77 bits per heavy atom. The van der Waals surface area contributed by atoms with Crippen LogP contribution in [-0.4, -0.2) is 20.1 Å². The minimum atomic E-state index is -3.73. The molecule has 0 aliphatic heterocycles. The molecule has 0 bridgehead atoms. The van der Waals surface area contributed by atoms with Gasteiger partial charge >= 0.3 is 0 Å². The third-order valence-corrected chi connectivity index (χ3v) is 5.67. The van der Waals surface area contributed by atoms with E-state index >= 15 is 0 Å². The van der Waals surface area contributed by atoms with Gasteiger partial charge in [0.1, 0.15) is 0 Å². The lowest BCUT2D eigenvalue weighted by molar-refractivity contribution is 0.600. The van der Waals surface area contributed by atoms with Crippen LogP contribution in [0, 0.1) is 6.92 Å². The van der Waals surface area contributed by atoms with E-state index in [4.69, 9.17) is 23.8 Å². The number of nitrogens with one attached hydrogen (secondary N) is 3. The second kappa shape index (κ2) is 9.21. The zero-order valence-corrected chi connectivity index (χ0v) is 17.1. The van der Waals surface area contributed by atoms with Crippen molar-refractivity contribution in [1.29, 1.82) is 0 Å². The van der Waals surface area contributed by atoms with E-state index in [2.05, 4.69) is 22.3 Å².